The number of non-ortho nitro benzene ring substituents is 1. The van der Waals surface area contributed by atoms with Crippen LogP contribution in [0.3, 0.4) is 0 Å². The smallest absolute Gasteiger partial charge is 0.300 e. The van der Waals surface area contributed by atoms with E-state index in [4.69, 9.17) is 0 Å². The predicted octanol–water partition coefficient (Wildman–Crippen LogP) is 3.26. The molecule has 0 saturated heterocycles. The van der Waals surface area contributed by atoms with Gasteiger partial charge >= 0.3 is 5.69 Å². The fourth-order valence-electron chi connectivity index (χ4n) is 5.31. The first-order valence-corrected chi connectivity index (χ1v) is 16.8. The van der Waals surface area contributed by atoms with Gasteiger partial charge in [-0.2, -0.15) is 0 Å². The maximum atomic E-state index is 13.6. The molecule has 0 aliphatic carbocycles. The molecule has 272 valence electrons. The van der Waals surface area contributed by atoms with Crippen molar-refractivity contribution in [3.63, 3.8) is 0 Å². The molecule has 4 amide bonds. The first-order chi connectivity index (χ1) is 23.0. The SMILES string of the molecule is CC(C)C[C@@H](C=O)NC(=O)[C@H](CC(C)C)NC(=O)[C@H](CC(C)C)NC(=O)[C@H](CC(C)C)NC(=O)CCNc1ccc([N+](=O)[O-])c2nonc12. The van der Waals surface area contributed by atoms with E-state index in [1.807, 2.05) is 55.4 Å². The zero-order chi connectivity index (χ0) is 36.8. The van der Waals surface area contributed by atoms with Gasteiger partial charge in [-0.15, -0.1) is 0 Å². The molecule has 4 atom stereocenters. The van der Waals surface area contributed by atoms with Gasteiger partial charge < -0.3 is 31.4 Å². The number of amides is 4. The van der Waals surface area contributed by atoms with Gasteiger partial charge in [0.2, 0.25) is 29.1 Å². The van der Waals surface area contributed by atoms with Gasteiger partial charge in [0.1, 0.15) is 24.4 Å². The minimum atomic E-state index is -0.985. The second-order valence-electron chi connectivity index (χ2n) is 14.0. The Morgan fingerprint density at radius 1 is 0.735 bits per heavy atom. The Hall–Kier alpha value is -4.63. The molecule has 0 aliphatic rings. The van der Waals surface area contributed by atoms with Crippen molar-refractivity contribution in [1.29, 1.82) is 0 Å². The summed E-state index contributed by atoms with van der Waals surface area (Å²) in [5, 5.41) is 32.6. The van der Waals surface area contributed by atoms with Crippen molar-refractivity contribution >= 4 is 52.3 Å². The quantitative estimate of drug-likeness (QED) is 0.0726. The molecule has 0 aliphatic heterocycles. The normalized spacial score (nSPS) is 14.0. The largest absolute Gasteiger partial charge is 0.383 e. The summed E-state index contributed by atoms with van der Waals surface area (Å²) in [5.74, 6) is -1.73. The van der Waals surface area contributed by atoms with E-state index in [0.717, 1.165) is 0 Å². The molecule has 2 rings (SSSR count). The van der Waals surface area contributed by atoms with Crippen molar-refractivity contribution in [2.75, 3.05) is 11.9 Å². The van der Waals surface area contributed by atoms with Crippen LogP contribution in [0.25, 0.3) is 11.0 Å². The lowest BCUT2D eigenvalue weighted by molar-refractivity contribution is -0.383. The minimum Gasteiger partial charge on any atom is -0.383 e. The summed E-state index contributed by atoms with van der Waals surface area (Å²) in [6.45, 7) is 15.4. The van der Waals surface area contributed by atoms with Gasteiger partial charge in [-0.25, -0.2) is 4.63 Å². The predicted molar refractivity (Wildman–Crippen MR) is 183 cm³/mol. The molecule has 0 spiro atoms. The third-order valence-electron chi connectivity index (χ3n) is 7.51. The fraction of sp³-hybridized carbons (Fsp3) is 0.667. The first-order valence-electron chi connectivity index (χ1n) is 16.8. The number of carbonyl (C=O) groups excluding carboxylic acids is 5. The van der Waals surface area contributed by atoms with E-state index in [-0.39, 0.29) is 59.8 Å². The van der Waals surface area contributed by atoms with Crippen LogP contribution in [0.1, 0.15) is 87.5 Å². The summed E-state index contributed by atoms with van der Waals surface area (Å²) in [7, 11) is 0. The van der Waals surface area contributed by atoms with E-state index >= 15 is 0 Å². The Labute approximate surface area is 286 Å². The number of rotatable bonds is 21. The summed E-state index contributed by atoms with van der Waals surface area (Å²) in [6.07, 6.45) is 2.01. The topological polar surface area (TPSA) is 228 Å². The number of nitrogens with one attached hydrogen (secondary N) is 5. The van der Waals surface area contributed by atoms with Gasteiger partial charge in [0, 0.05) is 19.0 Å². The number of aromatic nitrogens is 2. The zero-order valence-electron chi connectivity index (χ0n) is 29.7. The Balaban J connectivity index is 2.12. The van der Waals surface area contributed by atoms with Crippen LogP contribution < -0.4 is 26.6 Å². The number of nitro groups is 1. The second kappa shape index (κ2) is 19.4. The van der Waals surface area contributed by atoms with Crippen molar-refractivity contribution in [1.82, 2.24) is 31.6 Å². The highest BCUT2D eigenvalue weighted by Crippen LogP contribution is 2.28. The molecule has 1 heterocycles. The van der Waals surface area contributed by atoms with Gasteiger partial charge in [0.05, 0.1) is 16.7 Å². The Kier molecular flexibility index (Phi) is 16.0. The number of hydrogen-bond acceptors (Lipinski definition) is 11. The van der Waals surface area contributed by atoms with Crippen LogP contribution in [-0.4, -0.2) is 75.9 Å². The van der Waals surface area contributed by atoms with E-state index in [0.29, 0.717) is 31.2 Å². The molecule has 0 saturated carbocycles. The highest BCUT2D eigenvalue weighted by Gasteiger charge is 2.31. The van der Waals surface area contributed by atoms with Gasteiger partial charge in [-0.1, -0.05) is 55.4 Å². The average molecular weight is 689 g/mol. The van der Waals surface area contributed by atoms with E-state index in [1.54, 1.807) is 0 Å². The van der Waals surface area contributed by atoms with E-state index in [9.17, 15) is 34.1 Å². The molecule has 5 N–H and O–H groups in total. The molecular formula is C33H52N8O8. The van der Waals surface area contributed by atoms with Crippen molar-refractivity contribution in [2.24, 2.45) is 23.7 Å². The monoisotopic (exact) mass is 688 g/mol. The third-order valence-corrected chi connectivity index (χ3v) is 7.51. The summed E-state index contributed by atoms with van der Waals surface area (Å²) in [6, 6.07) is -0.832. The number of nitrogens with zero attached hydrogens (tertiary/aromatic N) is 3. The minimum absolute atomic E-state index is 0.00827. The second-order valence-corrected chi connectivity index (χ2v) is 14.0. The van der Waals surface area contributed by atoms with Crippen LogP contribution in [0, 0.1) is 33.8 Å². The Morgan fingerprint density at radius 3 is 1.67 bits per heavy atom. The molecular weight excluding hydrogens is 636 g/mol. The van der Waals surface area contributed by atoms with Gasteiger partial charge in [-0.05, 0) is 65.7 Å². The van der Waals surface area contributed by atoms with E-state index < -0.39 is 52.7 Å². The Bertz CT molecular complexity index is 1440. The molecule has 0 radical (unpaired) electrons. The van der Waals surface area contributed by atoms with Gasteiger partial charge in [-0.3, -0.25) is 29.3 Å². The maximum absolute atomic E-state index is 13.6. The molecule has 16 heteroatoms. The van der Waals surface area contributed by atoms with Crippen LogP contribution in [0.5, 0.6) is 0 Å². The van der Waals surface area contributed by atoms with E-state index in [2.05, 4.69) is 41.5 Å². The summed E-state index contributed by atoms with van der Waals surface area (Å²) in [5.41, 5.74) is 0.243. The lowest BCUT2D eigenvalue weighted by Gasteiger charge is -2.28. The number of benzene rings is 1. The Morgan fingerprint density at radius 2 is 1.20 bits per heavy atom. The number of nitro benzene ring substituents is 1. The molecule has 0 fully saturated rings. The van der Waals surface area contributed by atoms with Crippen molar-refractivity contribution in [3.05, 3.63) is 22.2 Å². The summed E-state index contributed by atoms with van der Waals surface area (Å²) in [4.78, 5) is 75.6. The van der Waals surface area contributed by atoms with E-state index in [1.165, 1.54) is 12.1 Å². The summed E-state index contributed by atoms with van der Waals surface area (Å²) >= 11 is 0. The maximum Gasteiger partial charge on any atom is 0.300 e. The van der Waals surface area contributed by atoms with Crippen molar-refractivity contribution < 1.29 is 33.5 Å². The molecule has 1 aromatic carbocycles. The average Bonchev–Trinajstić information content (AvgIpc) is 3.49. The van der Waals surface area contributed by atoms with Gasteiger partial charge in [0.25, 0.3) is 0 Å². The van der Waals surface area contributed by atoms with Gasteiger partial charge in [0.15, 0.2) is 5.52 Å². The molecule has 49 heavy (non-hydrogen) atoms. The molecule has 2 aromatic rings. The van der Waals surface area contributed by atoms with Crippen LogP contribution in [0.4, 0.5) is 11.4 Å². The first kappa shape index (κ1) is 40.5. The fourth-order valence-corrected chi connectivity index (χ4v) is 5.31. The van der Waals surface area contributed by atoms with Crippen molar-refractivity contribution in [2.45, 2.75) is 112 Å². The van der Waals surface area contributed by atoms with Crippen LogP contribution in [0.2, 0.25) is 0 Å². The lowest BCUT2D eigenvalue weighted by Crippen LogP contribution is -2.58. The standard InChI is InChI=1S/C33H52N8O8/c1-18(2)13-22(17-42)35-31(44)25(15-20(5)6)37-33(46)26(16-21(7)8)38-32(45)24(14-19(3)4)36-28(43)11-12-34-23-9-10-27(41(47)48)30-29(23)39-49-40-30/h9-10,17-22,24-26,34H,11-16H2,1-8H3,(H,35,44)(H,36,43)(H,37,46)(H,38,45)/t22-,24-,25-,26-/m0/s1. The number of carbonyl (C=O) groups is 5. The number of hydrogen-bond donors (Lipinski definition) is 5. The third kappa shape index (κ3) is 13.4. The number of anilines is 1. The summed E-state index contributed by atoms with van der Waals surface area (Å²) < 4.78 is 4.66. The van der Waals surface area contributed by atoms with Crippen LogP contribution in [0.15, 0.2) is 16.8 Å². The lowest BCUT2D eigenvalue weighted by atomic mass is 9.98. The molecule has 0 unspecified atom stereocenters. The van der Waals surface area contributed by atoms with Crippen LogP contribution in [-0.2, 0) is 24.0 Å². The highest BCUT2D eigenvalue weighted by molar-refractivity contribution is 5.95. The molecule has 0 bridgehead atoms. The van der Waals surface area contributed by atoms with Crippen LogP contribution >= 0.6 is 0 Å². The highest BCUT2D eigenvalue weighted by atomic mass is 16.6. The number of fused-ring (bicyclic) bond motifs is 1. The zero-order valence-corrected chi connectivity index (χ0v) is 29.7. The molecule has 1 aromatic heterocycles. The van der Waals surface area contributed by atoms with Crippen molar-refractivity contribution in [3.8, 4) is 0 Å². The molecule has 16 nitrogen and oxygen atoms in total. The number of aldehydes is 1.